The Balaban J connectivity index is 1.62. The van der Waals surface area contributed by atoms with Crippen LogP contribution in [-0.4, -0.2) is 27.7 Å². The number of nitrogens with one attached hydrogen (secondary N) is 2. The molecule has 26 heavy (non-hydrogen) atoms. The summed E-state index contributed by atoms with van der Waals surface area (Å²) >= 11 is 0. The van der Waals surface area contributed by atoms with E-state index in [0.29, 0.717) is 19.3 Å². The number of amides is 1. The first kappa shape index (κ1) is 18.2. The van der Waals surface area contributed by atoms with Gasteiger partial charge < -0.3 is 11.1 Å². The molecule has 3 rings (SSSR count). The summed E-state index contributed by atoms with van der Waals surface area (Å²) in [7, 11) is 0. The maximum Gasteiger partial charge on any atom is 0.241 e. The monoisotopic (exact) mass is 351 g/mol. The molecule has 0 bridgehead atoms. The van der Waals surface area contributed by atoms with Crippen LogP contribution in [0.4, 0.5) is 0 Å². The first-order chi connectivity index (χ1) is 12.6. The molecule has 0 aliphatic heterocycles. The van der Waals surface area contributed by atoms with E-state index in [0.717, 1.165) is 42.4 Å². The number of carbonyl (C=O) groups is 1. The maximum absolute atomic E-state index is 12.6. The van der Waals surface area contributed by atoms with E-state index in [1.807, 2.05) is 30.5 Å². The van der Waals surface area contributed by atoms with Gasteiger partial charge in [-0.05, 0) is 24.0 Å². The molecule has 1 heterocycles. The minimum atomic E-state index is -0.837. The highest BCUT2D eigenvalue weighted by molar-refractivity contribution is 5.86. The van der Waals surface area contributed by atoms with Crippen LogP contribution in [0, 0.1) is 11.3 Å². The Morgan fingerprint density at radius 2 is 1.92 bits per heavy atom. The van der Waals surface area contributed by atoms with Crippen molar-refractivity contribution in [3.05, 3.63) is 42.2 Å². The number of nitrogens with two attached hydrogens (primary N) is 1. The van der Waals surface area contributed by atoms with Crippen LogP contribution >= 0.6 is 0 Å². The molecule has 1 aliphatic carbocycles. The van der Waals surface area contributed by atoms with Crippen molar-refractivity contribution in [2.24, 2.45) is 5.73 Å². The third-order valence-electron chi connectivity index (χ3n) is 5.13. The summed E-state index contributed by atoms with van der Waals surface area (Å²) in [5.41, 5.74) is 8.57. The van der Waals surface area contributed by atoms with E-state index in [-0.39, 0.29) is 5.91 Å². The standard InChI is InChI=1S/C20H25N5O/c21-12-18(25-19(26)20(22)9-3-1-2-4-10-20)11-15-5-7-16(8-6-15)17-13-23-24-14-17/h5-8,13-14,18H,1-4,9-11,22H2,(H,23,24)(H,25,26). The number of nitriles is 1. The number of aromatic amines is 1. The molecule has 1 fully saturated rings. The highest BCUT2D eigenvalue weighted by Gasteiger charge is 2.35. The van der Waals surface area contributed by atoms with Gasteiger partial charge in [-0.2, -0.15) is 10.4 Å². The van der Waals surface area contributed by atoms with E-state index in [1.165, 1.54) is 0 Å². The molecular weight excluding hydrogens is 326 g/mol. The van der Waals surface area contributed by atoms with Gasteiger partial charge in [-0.3, -0.25) is 9.89 Å². The fraction of sp³-hybridized carbons (Fsp3) is 0.450. The lowest BCUT2D eigenvalue weighted by Gasteiger charge is -2.28. The number of hydrogen-bond donors (Lipinski definition) is 3. The van der Waals surface area contributed by atoms with Gasteiger partial charge in [0.15, 0.2) is 0 Å². The molecule has 1 aromatic heterocycles. The van der Waals surface area contributed by atoms with Crippen LogP contribution in [0.1, 0.15) is 44.1 Å². The minimum Gasteiger partial charge on any atom is -0.338 e. The lowest BCUT2D eigenvalue weighted by molar-refractivity contribution is -0.127. The summed E-state index contributed by atoms with van der Waals surface area (Å²) in [5.74, 6) is -0.194. The lowest BCUT2D eigenvalue weighted by atomic mass is 9.90. The molecule has 1 amide bonds. The predicted octanol–water partition coefficient (Wildman–Crippen LogP) is 2.68. The zero-order chi connectivity index (χ0) is 18.4. The van der Waals surface area contributed by atoms with Crippen molar-refractivity contribution in [3.8, 4) is 17.2 Å². The summed E-state index contributed by atoms with van der Waals surface area (Å²) < 4.78 is 0. The SMILES string of the molecule is N#CC(Cc1ccc(-c2cn[nH]c2)cc1)NC(=O)C1(N)CCCCCC1. The number of rotatable bonds is 5. The summed E-state index contributed by atoms with van der Waals surface area (Å²) in [6.45, 7) is 0. The average molecular weight is 351 g/mol. The van der Waals surface area contributed by atoms with Gasteiger partial charge in [-0.15, -0.1) is 0 Å². The van der Waals surface area contributed by atoms with E-state index >= 15 is 0 Å². The van der Waals surface area contributed by atoms with Gasteiger partial charge in [0, 0.05) is 18.2 Å². The molecule has 0 saturated heterocycles. The topological polar surface area (TPSA) is 108 Å². The molecule has 6 nitrogen and oxygen atoms in total. The number of H-pyrrole nitrogens is 1. The van der Waals surface area contributed by atoms with Crippen LogP contribution in [0.15, 0.2) is 36.7 Å². The fourth-order valence-electron chi connectivity index (χ4n) is 3.50. The fourth-order valence-corrected chi connectivity index (χ4v) is 3.50. The number of benzene rings is 1. The average Bonchev–Trinajstić information content (AvgIpc) is 3.10. The van der Waals surface area contributed by atoms with Gasteiger partial charge >= 0.3 is 0 Å². The van der Waals surface area contributed by atoms with Crippen molar-refractivity contribution >= 4 is 5.91 Å². The molecule has 1 unspecified atom stereocenters. The van der Waals surface area contributed by atoms with E-state index in [4.69, 9.17) is 5.73 Å². The van der Waals surface area contributed by atoms with Gasteiger partial charge in [0.1, 0.15) is 6.04 Å². The highest BCUT2D eigenvalue weighted by atomic mass is 16.2. The second kappa shape index (κ2) is 8.15. The Bertz CT molecular complexity index is 752. The van der Waals surface area contributed by atoms with Gasteiger partial charge in [-0.25, -0.2) is 0 Å². The normalized spacial score (nSPS) is 17.7. The summed E-state index contributed by atoms with van der Waals surface area (Å²) in [6, 6.07) is 9.55. The van der Waals surface area contributed by atoms with Gasteiger partial charge in [0.25, 0.3) is 0 Å². The van der Waals surface area contributed by atoms with Crippen LogP contribution < -0.4 is 11.1 Å². The second-order valence-electron chi connectivity index (χ2n) is 7.11. The number of nitrogens with zero attached hydrogens (tertiary/aromatic N) is 2. The van der Waals surface area contributed by atoms with Crippen molar-refractivity contribution in [2.45, 2.75) is 56.5 Å². The van der Waals surface area contributed by atoms with E-state index in [9.17, 15) is 10.1 Å². The minimum absolute atomic E-state index is 0.194. The van der Waals surface area contributed by atoms with Crippen molar-refractivity contribution in [1.82, 2.24) is 15.5 Å². The second-order valence-corrected chi connectivity index (χ2v) is 7.11. The van der Waals surface area contributed by atoms with Crippen LogP contribution in [0.3, 0.4) is 0 Å². The zero-order valence-electron chi connectivity index (χ0n) is 14.9. The third-order valence-corrected chi connectivity index (χ3v) is 5.13. The molecule has 4 N–H and O–H groups in total. The van der Waals surface area contributed by atoms with Gasteiger partial charge in [0.05, 0.1) is 17.8 Å². The Kier molecular flexibility index (Phi) is 5.69. The molecule has 1 aromatic carbocycles. The summed E-state index contributed by atoms with van der Waals surface area (Å²) in [4.78, 5) is 12.6. The van der Waals surface area contributed by atoms with E-state index < -0.39 is 11.6 Å². The predicted molar refractivity (Wildman–Crippen MR) is 99.9 cm³/mol. The number of aromatic nitrogens is 2. The summed E-state index contributed by atoms with van der Waals surface area (Å²) in [6.07, 6.45) is 9.62. The molecule has 1 atom stereocenters. The van der Waals surface area contributed by atoms with Crippen LogP contribution in [0.2, 0.25) is 0 Å². The molecule has 0 spiro atoms. The largest absolute Gasteiger partial charge is 0.338 e. The first-order valence-corrected chi connectivity index (χ1v) is 9.18. The van der Waals surface area contributed by atoms with Gasteiger partial charge in [-0.1, -0.05) is 49.9 Å². The quantitative estimate of drug-likeness (QED) is 0.720. The molecular formula is C20H25N5O. The smallest absolute Gasteiger partial charge is 0.241 e. The van der Waals surface area contributed by atoms with Gasteiger partial charge in [0.2, 0.25) is 5.91 Å². The Hall–Kier alpha value is -2.65. The number of hydrogen-bond acceptors (Lipinski definition) is 4. The van der Waals surface area contributed by atoms with Crippen LogP contribution in [-0.2, 0) is 11.2 Å². The van der Waals surface area contributed by atoms with Crippen LogP contribution in [0.25, 0.3) is 11.1 Å². The highest BCUT2D eigenvalue weighted by Crippen LogP contribution is 2.25. The molecule has 1 saturated carbocycles. The first-order valence-electron chi connectivity index (χ1n) is 9.18. The molecule has 1 aliphatic rings. The van der Waals surface area contributed by atoms with Crippen molar-refractivity contribution in [1.29, 1.82) is 5.26 Å². The van der Waals surface area contributed by atoms with Crippen molar-refractivity contribution in [3.63, 3.8) is 0 Å². The molecule has 2 aromatic rings. The molecule has 6 heteroatoms. The third kappa shape index (κ3) is 4.30. The Morgan fingerprint density at radius 3 is 2.50 bits per heavy atom. The molecule has 136 valence electrons. The van der Waals surface area contributed by atoms with E-state index in [1.54, 1.807) is 6.20 Å². The zero-order valence-corrected chi connectivity index (χ0v) is 14.9. The number of carbonyl (C=O) groups excluding carboxylic acids is 1. The lowest BCUT2D eigenvalue weighted by Crippen LogP contribution is -2.56. The summed E-state index contributed by atoms with van der Waals surface area (Å²) in [5, 5.41) is 19.1. The van der Waals surface area contributed by atoms with Crippen LogP contribution in [0.5, 0.6) is 0 Å². The van der Waals surface area contributed by atoms with E-state index in [2.05, 4.69) is 21.6 Å². The van der Waals surface area contributed by atoms with Crippen molar-refractivity contribution < 1.29 is 4.79 Å². The Morgan fingerprint density at radius 1 is 1.23 bits per heavy atom. The Labute approximate surface area is 153 Å². The van der Waals surface area contributed by atoms with Crippen molar-refractivity contribution in [2.75, 3.05) is 0 Å². The molecule has 0 radical (unpaired) electrons. The maximum atomic E-state index is 12.6.